The van der Waals surface area contributed by atoms with Crippen LogP contribution >= 0.6 is 11.8 Å². The lowest BCUT2D eigenvalue weighted by atomic mass is 10.1. The van der Waals surface area contributed by atoms with E-state index in [-0.39, 0.29) is 0 Å². The Morgan fingerprint density at radius 1 is 1.24 bits per heavy atom. The van der Waals surface area contributed by atoms with Gasteiger partial charge in [-0.3, -0.25) is 0 Å². The smallest absolute Gasteiger partial charge is 0.291 e. The second-order valence-electron chi connectivity index (χ2n) is 6.39. The molecule has 2 aromatic carbocycles. The Hall–Kier alpha value is -3.00. The SMILES string of the molecule is COc1ccc(CCC(Cn2ccnc2)Sc2ccccc2C)cc1.O=[N+]([O-])O. The molecule has 29 heavy (non-hydrogen) atoms. The number of hydrogen-bond donors (Lipinski definition) is 1. The van der Waals surface area contributed by atoms with Crippen LogP contribution in [0.15, 0.2) is 72.1 Å². The number of methoxy groups -OCH3 is 1. The van der Waals surface area contributed by atoms with Gasteiger partial charge >= 0.3 is 0 Å². The van der Waals surface area contributed by atoms with E-state index in [2.05, 4.69) is 52.9 Å². The van der Waals surface area contributed by atoms with Crippen LogP contribution in [0.1, 0.15) is 17.5 Å². The van der Waals surface area contributed by atoms with Crippen molar-refractivity contribution in [3.63, 3.8) is 0 Å². The Labute approximate surface area is 174 Å². The maximum atomic E-state index is 8.36. The van der Waals surface area contributed by atoms with Gasteiger partial charge in [0.05, 0.1) is 13.4 Å². The van der Waals surface area contributed by atoms with E-state index in [0.717, 1.165) is 25.1 Å². The predicted octanol–water partition coefficient (Wildman–Crippen LogP) is 4.65. The molecule has 1 atom stereocenters. The van der Waals surface area contributed by atoms with Gasteiger partial charge in [-0.25, -0.2) is 4.98 Å². The molecule has 154 valence electrons. The normalized spacial score (nSPS) is 11.2. The fourth-order valence-corrected chi connectivity index (χ4v) is 4.06. The minimum atomic E-state index is -1.50. The number of ether oxygens (including phenoxy) is 1. The summed E-state index contributed by atoms with van der Waals surface area (Å²) >= 11 is 1.97. The third kappa shape index (κ3) is 8.27. The first-order chi connectivity index (χ1) is 14.0. The summed E-state index contributed by atoms with van der Waals surface area (Å²) in [5, 5.41) is 14.1. The predicted molar refractivity (Wildman–Crippen MR) is 113 cm³/mol. The number of nitrogens with zero attached hydrogens (tertiary/aromatic N) is 3. The lowest BCUT2D eigenvalue weighted by Gasteiger charge is -2.18. The maximum Gasteiger partial charge on any atom is 0.291 e. The van der Waals surface area contributed by atoms with Gasteiger partial charge in [-0.15, -0.1) is 21.9 Å². The molecule has 0 amide bonds. The van der Waals surface area contributed by atoms with Crippen LogP contribution in [0.5, 0.6) is 5.75 Å². The Kier molecular flexibility index (Phi) is 9.04. The molecule has 1 unspecified atom stereocenters. The Bertz CT molecular complexity index is 866. The molecule has 3 aromatic rings. The van der Waals surface area contributed by atoms with Gasteiger partial charge in [-0.2, -0.15) is 0 Å². The number of rotatable bonds is 8. The van der Waals surface area contributed by atoms with Gasteiger partial charge in [0.15, 0.2) is 0 Å². The highest BCUT2D eigenvalue weighted by Crippen LogP contribution is 2.30. The van der Waals surface area contributed by atoms with Crippen LogP contribution < -0.4 is 4.74 Å². The zero-order valence-electron chi connectivity index (χ0n) is 16.5. The summed E-state index contributed by atoms with van der Waals surface area (Å²) in [4.78, 5) is 13.9. The Balaban J connectivity index is 0.000000687. The van der Waals surface area contributed by atoms with Crippen LogP contribution in [0.4, 0.5) is 0 Å². The molecule has 0 spiro atoms. The van der Waals surface area contributed by atoms with Gasteiger partial charge in [0, 0.05) is 29.1 Å². The zero-order chi connectivity index (χ0) is 21.1. The average molecular weight is 416 g/mol. The second kappa shape index (κ2) is 11.8. The second-order valence-corrected chi connectivity index (χ2v) is 7.73. The largest absolute Gasteiger partial charge is 0.497 e. The number of benzene rings is 2. The molecule has 0 saturated heterocycles. The first kappa shape index (κ1) is 22.3. The van der Waals surface area contributed by atoms with E-state index in [4.69, 9.17) is 20.1 Å². The summed E-state index contributed by atoms with van der Waals surface area (Å²) in [6.07, 6.45) is 7.96. The molecule has 0 saturated carbocycles. The molecule has 7 nitrogen and oxygen atoms in total. The monoisotopic (exact) mass is 415 g/mol. The molecule has 0 fully saturated rings. The molecule has 1 N–H and O–H groups in total. The van der Waals surface area contributed by atoms with Gasteiger partial charge in [0.1, 0.15) is 5.75 Å². The summed E-state index contributed by atoms with van der Waals surface area (Å²) in [6, 6.07) is 17.0. The third-order valence-electron chi connectivity index (χ3n) is 4.27. The van der Waals surface area contributed by atoms with Crippen LogP contribution in [0.25, 0.3) is 0 Å². The van der Waals surface area contributed by atoms with Crippen molar-refractivity contribution in [2.24, 2.45) is 0 Å². The molecule has 1 heterocycles. The first-order valence-electron chi connectivity index (χ1n) is 9.12. The van der Waals surface area contributed by atoms with Gasteiger partial charge in [-0.1, -0.05) is 30.3 Å². The van der Waals surface area contributed by atoms with Gasteiger partial charge in [0.2, 0.25) is 0 Å². The summed E-state index contributed by atoms with van der Waals surface area (Å²) in [7, 11) is 1.70. The molecule has 8 heteroatoms. The quantitative estimate of drug-likeness (QED) is 0.327. The Morgan fingerprint density at radius 2 is 1.93 bits per heavy atom. The van der Waals surface area contributed by atoms with Crippen molar-refractivity contribution < 1.29 is 15.0 Å². The van der Waals surface area contributed by atoms with Crippen molar-refractivity contribution in [2.45, 2.75) is 36.5 Å². The average Bonchev–Trinajstić information content (AvgIpc) is 3.21. The molecule has 0 aliphatic rings. The van der Waals surface area contributed by atoms with E-state index < -0.39 is 5.09 Å². The van der Waals surface area contributed by atoms with Crippen LogP contribution in [0.2, 0.25) is 0 Å². The molecule has 0 aliphatic heterocycles. The van der Waals surface area contributed by atoms with Gasteiger partial charge in [0.25, 0.3) is 5.09 Å². The van der Waals surface area contributed by atoms with Crippen LogP contribution in [-0.2, 0) is 13.0 Å². The lowest BCUT2D eigenvalue weighted by molar-refractivity contribution is -0.742. The van der Waals surface area contributed by atoms with E-state index in [1.807, 2.05) is 42.6 Å². The van der Waals surface area contributed by atoms with E-state index >= 15 is 0 Å². The van der Waals surface area contributed by atoms with Crippen LogP contribution in [-0.4, -0.2) is 32.2 Å². The number of aryl methyl sites for hydroxylation is 2. The molecule has 0 aliphatic carbocycles. The number of aromatic nitrogens is 2. The molecule has 0 radical (unpaired) electrons. The summed E-state index contributed by atoms with van der Waals surface area (Å²) in [5.74, 6) is 0.910. The highest BCUT2D eigenvalue weighted by atomic mass is 32.2. The lowest BCUT2D eigenvalue weighted by Crippen LogP contribution is -2.13. The minimum Gasteiger partial charge on any atom is -0.497 e. The standard InChI is InChI=1S/C21H24N2OS.HNO3/c1-17-5-3-4-6-21(17)25-20(15-23-14-13-22-16-23)12-9-18-7-10-19(24-2)11-8-18;2-1(3)4/h3-8,10-11,13-14,16,20H,9,12,15H2,1-2H3;(H,2,3,4). The van der Waals surface area contributed by atoms with E-state index in [1.54, 1.807) is 7.11 Å². The minimum absolute atomic E-state index is 0.498. The van der Waals surface area contributed by atoms with Crippen molar-refractivity contribution in [3.8, 4) is 5.75 Å². The number of imidazole rings is 1. The number of thioether (sulfide) groups is 1. The third-order valence-corrected chi connectivity index (χ3v) is 5.71. The van der Waals surface area contributed by atoms with Crippen molar-refractivity contribution in [3.05, 3.63) is 88.5 Å². The zero-order valence-corrected chi connectivity index (χ0v) is 17.3. The van der Waals surface area contributed by atoms with Crippen molar-refractivity contribution >= 4 is 11.8 Å². The van der Waals surface area contributed by atoms with Crippen molar-refractivity contribution in [2.75, 3.05) is 7.11 Å². The molecule has 1 aromatic heterocycles. The molecular weight excluding hydrogens is 390 g/mol. The first-order valence-corrected chi connectivity index (χ1v) is 10.00. The van der Waals surface area contributed by atoms with Gasteiger partial charge < -0.3 is 14.5 Å². The van der Waals surface area contributed by atoms with E-state index in [0.29, 0.717) is 5.25 Å². The van der Waals surface area contributed by atoms with Gasteiger partial charge in [-0.05, 0) is 49.1 Å². The van der Waals surface area contributed by atoms with E-state index in [1.165, 1.54) is 16.0 Å². The van der Waals surface area contributed by atoms with E-state index in [9.17, 15) is 0 Å². The summed E-state index contributed by atoms with van der Waals surface area (Å²) < 4.78 is 7.41. The summed E-state index contributed by atoms with van der Waals surface area (Å²) in [6.45, 7) is 3.15. The Morgan fingerprint density at radius 3 is 2.52 bits per heavy atom. The van der Waals surface area contributed by atoms with Crippen LogP contribution in [0, 0.1) is 17.0 Å². The summed E-state index contributed by atoms with van der Waals surface area (Å²) in [5.41, 5.74) is 2.69. The van der Waals surface area contributed by atoms with Crippen molar-refractivity contribution in [1.82, 2.24) is 9.55 Å². The maximum absolute atomic E-state index is 8.36. The topological polar surface area (TPSA) is 90.4 Å². The highest BCUT2D eigenvalue weighted by molar-refractivity contribution is 8.00. The fourth-order valence-electron chi connectivity index (χ4n) is 2.81. The number of hydrogen-bond acceptors (Lipinski definition) is 5. The molecule has 0 bridgehead atoms. The molecular formula is C21H25N3O4S. The fraction of sp³-hybridized carbons (Fsp3) is 0.286. The van der Waals surface area contributed by atoms with Crippen LogP contribution in [0.3, 0.4) is 0 Å². The molecule has 3 rings (SSSR count). The highest BCUT2D eigenvalue weighted by Gasteiger charge is 2.13. The van der Waals surface area contributed by atoms with Crippen molar-refractivity contribution in [1.29, 1.82) is 0 Å².